The molecule has 1 aliphatic rings. The van der Waals surface area contributed by atoms with E-state index in [0.29, 0.717) is 42.0 Å². The van der Waals surface area contributed by atoms with Gasteiger partial charge in [0.2, 0.25) is 9.84 Å². The molecular formula is C37H49N3O8S. The number of ether oxygens (including phenoxy) is 1. The number of carbonyl (C=O) groups is 2. The average molecular weight is 696 g/mol. The molecule has 266 valence electrons. The van der Waals surface area contributed by atoms with Crippen LogP contribution < -0.4 is 9.64 Å². The van der Waals surface area contributed by atoms with Crippen molar-refractivity contribution < 1.29 is 38.1 Å². The maximum Gasteiger partial charge on any atom is 0.317 e. The van der Waals surface area contributed by atoms with Crippen molar-refractivity contribution >= 4 is 27.5 Å². The second-order valence-corrected chi connectivity index (χ2v) is 15.2. The largest absolute Gasteiger partial charge is 0.487 e. The Labute approximate surface area is 289 Å². The van der Waals surface area contributed by atoms with Crippen molar-refractivity contribution in [3.05, 3.63) is 83.2 Å². The van der Waals surface area contributed by atoms with E-state index in [9.17, 15) is 23.1 Å². The highest BCUT2D eigenvalue weighted by Crippen LogP contribution is 2.52. The number of hydrogen-bond acceptors (Lipinski definition) is 9. The molecule has 1 aliphatic heterocycles. The molecule has 3 N–H and O–H groups in total. The van der Waals surface area contributed by atoms with Gasteiger partial charge in [-0.05, 0) is 72.9 Å². The summed E-state index contributed by atoms with van der Waals surface area (Å²) in [6.07, 6.45) is 5.17. The zero-order valence-electron chi connectivity index (χ0n) is 28.8. The minimum Gasteiger partial charge on any atom is -0.487 e. The monoisotopic (exact) mass is 695 g/mol. The number of benzene rings is 2. The van der Waals surface area contributed by atoms with Crippen LogP contribution in [0.5, 0.6) is 5.75 Å². The maximum atomic E-state index is 14.1. The fourth-order valence-electron chi connectivity index (χ4n) is 6.77. The lowest BCUT2D eigenvalue weighted by molar-refractivity contribution is -0.142. The molecule has 0 saturated heterocycles. The summed E-state index contributed by atoms with van der Waals surface area (Å²) in [7, 11) is -0.197. The molecule has 2 atom stereocenters. The third-order valence-corrected chi connectivity index (χ3v) is 11.4. The number of fused-ring (bicyclic) bond motifs is 1. The molecule has 2 aromatic carbocycles. The fraction of sp³-hybridized carbons (Fsp3) is 0.486. The Balaban J connectivity index is 1.63. The van der Waals surface area contributed by atoms with Gasteiger partial charge >= 0.3 is 11.9 Å². The van der Waals surface area contributed by atoms with Crippen LogP contribution in [0.25, 0.3) is 0 Å². The highest BCUT2D eigenvalue weighted by molar-refractivity contribution is 7.92. The smallest absolute Gasteiger partial charge is 0.317 e. The standard InChI is InChI=1S/C37H49N3O8S/c1-5-7-18-37(19-8-6-2)21-32(31-20-29(39(3)4)14-17-33(31)49(46,47)36(37)45)26-12-15-30(16-13-26)48-25-28-11-9-10-27(38-28)22-40(23-34(41)42)24-35(43)44/h9-17,20,32,36,45H,5-8,18-19,21-25H2,1-4H3,(H,41,42)(H,43,44)/t32-,36+/m1/s1. The van der Waals surface area contributed by atoms with Gasteiger partial charge in [-0.15, -0.1) is 0 Å². The van der Waals surface area contributed by atoms with E-state index in [0.717, 1.165) is 36.9 Å². The quantitative estimate of drug-likeness (QED) is 0.159. The topological polar surface area (TPSA) is 158 Å². The molecule has 0 fully saturated rings. The number of aliphatic hydroxyl groups excluding tert-OH is 1. The third kappa shape index (κ3) is 9.37. The molecule has 0 unspecified atom stereocenters. The second kappa shape index (κ2) is 16.6. The van der Waals surface area contributed by atoms with Crippen LogP contribution >= 0.6 is 0 Å². The van der Waals surface area contributed by atoms with E-state index in [1.807, 2.05) is 49.3 Å². The van der Waals surface area contributed by atoms with Crippen molar-refractivity contribution in [3.8, 4) is 5.75 Å². The van der Waals surface area contributed by atoms with Crippen LogP contribution in [0.3, 0.4) is 0 Å². The summed E-state index contributed by atoms with van der Waals surface area (Å²) in [4.78, 5) is 30.3. The lowest BCUT2D eigenvalue weighted by Crippen LogP contribution is -2.40. The van der Waals surface area contributed by atoms with Crippen molar-refractivity contribution in [2.75, 3.05) is 32.1 Å². The number of aliphatic carboxylic acids is 2. The summed E-state index contributed by atoms with van der Waals surface area (Å²) in [5.41, 5.74) is 1.32. The molecule has 49 heavy (non-hydrogen) atoms. The Morgan fingerprint density at radius 3 is 2.10 bits per heavy atom. The van der Waals surface area contributed by atoms with Gasteiger partial charge in [-0.25, -0.2) is 8.42 Å². The number of aliphatic hydroxyl groups is 1. The van der Waals surface area contributed by atoms with Crippen LogP contribution in [0.2, 0.25) is 0 Å². The number of carboxylic acids is 2. The van der Waals surface area contributed by atoms with Crippen LogP contribution in [-0.4, -0.2) is 78.2 Å². The Morgan fingerprint density at radius 1 is 0.918 bits per heavy atom. The molecule has 0 saturated carbocycles. The van der Waals surface area contributed by atoms with E-state index in [1.165, 1.54) is 4.90 Å². The molecule has 2 heterocycles. The van der Waals surface area contributed by atoms with Crippen molar-refractivity contribution in [3.63, 3.8) is 0 Å². The molecule has 0 spiro atoms. The van der Waals surface area contributed by atoms with E-state index in [4.69, 9.17) is 14.9 Å². The number of hydrogen-bond donors (Lipinski definition) is 3. The molecule has 0 bridgehead atoms. The molecule has 0 radical (unpaired) electrons. The van der Waals surface area contributed by atoms with E-state index in [2.05, 4.69) is 18.8 Å². The van der Waals surface area contributed by atoms with Gasteiger partial charge in [-0.2, -0.15) is 0 Å². The van der Waals surface area contributed by atoms with Crippen LogP contribution in [0, 0.1) is 5.41 Å². The van der Waals surface area contributed by atoms with E-state index < -0.39 is 45.7 Å². The second-order valence-electron chi connectivity index (χ2n) is 13.3. The molecule has 11 nitrogen and oxygen atoms in total. The van der Waals surface area contributed by atoms with E-state index in [-0.39, 0.29) is 24.0 Å². The number of carboxylic acid groups (broad SMARTS) is 2. The minimum atomic E-state index is -4.04. The lowest BCUT2D eigenvalue weighted by Gasteiger charge is -2.38. The van der Waals surface area contributed by atoms with Gasteiger partial charge in [0.1, 0.15) is 12.4 Å². The number of pyridine rings is 1. The molecule has 0 amide bonds. The summed E-state index contributed by atoms with van der Waals surface area (Å²) in [6, 6.07) is 18.3. The number of nitrogens with zero attached hydrogens (tertiary/aromatic N) is 3. The van der Waals surface area contributed by atoms with Gasteiger partial charge in [0, 0.05) is 37.7 Å². The SMILES string of the molecule is CCCCC1(CCCC)C[C@H](c2ccc(OCc3cccc(CN(CC(=O)O)CC(=O)O)n3)cc2)c2cc(N(C)C)ccc2S(=O)(=O)[C@@H]1O. The van der Waals surface area contributed by atoms with Gasteiger partial charge in [0.05, 0.1) is 29.4 Å². The van der Waals surface area contributed by atoms with Crippen molar-refractivity contribution in [1.82, 2.24) is 9.88 Å². The Hall–Kier alpha value is -4.00. The first kappa shape index (κ1) is 37.8. The van der Waals surface area contributed by atoms with Crippen molar-refractivity contribution in [2.24, 2.45) is 5.41 Å². The fourth-order valence-corrected chi connectivity index (χ4v) is 8.79. The zero-order chi connectivity index (χ0) is 35.8. The molecule has 12 heteroatoms. The summed E-state index contributed by atoms with van der Waals surface area (Å²) in [5, 5.41) is 30.1. The molecule has 0 aliphatic carbocycles. The van der Waals surface area contributed by atoms with Crippen LogP contribution in [0.4, 0.5) is 5.69 Å². The highest BCUT2D eigenvalue weighted by atomic mass is 32.2. The average Bonchev–Trinajstić information content (AvgIpc) is 3.12. The van der Waals surface area contributed by atoms with Crippen molar-refractivity contribution in [1.29, 1.82) is 0 Å². The van der Waals surface area contributed by atoms with Crippen LogP contribution in [0.15, 0.2) is 65.6 Å². The summed E-state index contributed by atoms with van der Waals surface area (Å²) in [5.74, 6) is -1.94. The Bertz CT molecular complexity index is 1670. The number of anilines is 1. The summed E-state index contributed by atoms with van der Waals surface area (Å²) in [6.45, 7) is 3.50. The number of rotatable bonds is 17. The predicted molar refractivity (Wildman–Crippen MR) is 187 cm³/mol. The first-order valence-electron chi connectivity index (χ1n) is 16.9. The minimum absolute atomic E-state index is 0.0575. The van der Waals surface area contributed by atoms with Crippen LogP contribution in [0.1, 0.15) is 87.2 Å². The number of unbranched alkanes of at least 4 members (excludes halogenated alkanes) is 2. The maximum absolute atomic E-state index is 14.1. The number of aromatic nitrogens is 1. The normalized spacial score (nSPS) is 18.0. The van der Waals surface area contributed by atoms with E-state index >= 15 is 0 Å². The predicted octanol–water partition coefficient (Wildman–Crippen LogP) is 5.69. The molecule has 1 aromatic heterocycles. The Kier molecular flexibility index (Phi) is 12.8. The van der Waals surface area contributed by atoms with Gasteiger partial charge in [0.15, 0.2) is 5.44 Å². The van der Waals surface area contributed by atoms with Gasteiger partial charge in [0.25, 0.3) is 0 Å². The summed E-state index contributed by atoms with van der Waals surface area (Å²) < 4.78 is 34.3. The van der Waals surface area contributed by atoms with E-state index in [1.54, 1.807) is 30.3 Å². The van der Waals surface area contributed by atoms with Crippen molar-refractivity contribution in [2.45, 2.75) is 88.2 Å². The first-order chi connectivity index (χ1) is 23.3. The van der Waals surface area contributed by atoms with Crippen LogP contribution in [-0.2, 0) is 32.6 Å². The lowest BCUT2D eigenvalue weighted by atomic mass is 9.69. The van der Waals surface area contributed by atoms with Gasteiger partial charge < -0.3 is 25.0 Å². The Morgan fingerprint density at radius 2 is 1.53 bits per heavy atom. The van der Waals surface area contributed by atoms with Gasteiger partial charge in [-0.3, -0.25) is 19.5 Å². The zero-order valence-corrected chi connectivity index (χ0v) is 29.7. The molecule has 4 rings (SSSR count). The number of sulfone groups is 1. The molecular weight excluding hydrogens is 646 g/mol. The highest BCUT2D eigenvalue weighted by Gasteiger charge is 2.50. The molecule has 3 aromatic rings. The third-order valence-electron chi connectivity index (χ3n) is 9.31. The first-order valence-corrected chi connectivity index (χ1v) is 18.4. The summed E-state index contributed by atoms with van der Waals surface area (Å²) >= 11 is 0. The van der Waals surface area contributed by atoms with Gasteiger partial charge in [-0.1, -0.05) is 57.7 Å².